The van der Waals surface area contributed by atoms with Crippen LogP contribution in [0.15, 0.2) is 24.3 Å². The number of fused-ring (bicyclic) bond motifs is 1. The fourth-order valence-electron chi connectivity index (χ4n) is 3.53. The van der Waals surface area contributed by atoms with Crippen LogP contribution < -0.4 is 5.32 Å². The van der Waals surface area contributed by atoms with E-state index in [0.29, 0.717) is 5.92 Å². The first-order chi connectivity index (χ1) is 10.3. The standard InChI is InChI=1S/C17H24N2O2/c20-9-7-13-4-3-8-19(12-13)17(21)16-10-14-5-1-2-6-15(14)11-18-16/h1-2,5-6,13,16,18,20H,3-4,7-12H2. The number of amides is 1. The van der Waals surface area contributed by atoms with Gasteiger partial charge in [0, 0.05) is 26.2 Å². The molecule has 2 aliphatic heterocycles. The Morgan fingerprint density at radius 1 is 1.33 bits per heavy atom. The van der Waals surface area contributed by atoms with Gasteiger partial charge in [-0.05, 0) is 42.7 Å². The summed E-state index contributed by atoms with van der Waals surface area (Å²) in [7, 11) is 0. The first-order valence-corrected chi connectivity index (χ1v) is 7.97. The molecule has 2 aliphatic rings. The van der Waals surface area contributed by atoms with Gasteiger partial charge in [-0.1, -0.05) is 24.3 Å². The third-order valence-corrected chi connectivity index (χ3v) is 4.75. The molecule has 0 aromatic heterocycles. The molecule has 21 heavy (non-hydrogen) atoms. The molecule has 0 spiro atoms. The number of piperidine rings is 1. The number of hydrogen-bond donors (Lipinski definition) is 2. The summed E-state index contributed by atoms with van der Waals surface area (Å²) in [5.41, 5.74) is 2.59. The number of hydrogen-bond acceptors (Lipinski definition) is 3. The van der Waals surface area contributed by atoms with Gasteiger partial charge >= 0.3 is 0 Å². The SMILES string of the molecule is O=C(C1Cc2ccccc2CN1)N1CCCC(CCO)C1. The minimum atomic E-state index is -0.0900. The minimum absolute atomic E-state index is 0.0900. The molecule has 1 amide bonds. The summed E-state index contributed by atoms with van der Waals surface area (Å²) in [5, 5.41) is 12.5. The average Bonchev–Trinajstić information content (AvgIpc) is 2.54. The largest absolute Gasteiger partial charge is 0.396 e. The fraction of sp³-hybridized carbons (Fsp3) is 0.588. The van der Waals surface area contributed by atoms with Crippen LogP contribution in [0.3, 0.4) is 0 Å². The zero-order valence-electron chi connectivity index (χ0n) is 12.4. The van der Waals surface area contributed by atoms with Gasteiger partial charge < -0.3 is 15.3 Å². The number of aliphatic hydroxyl groups is 1. The molecular weight excluding hydrogens is 264 g/mol. The minimum Gasteiger partial charge on any atom is -0.396 e. The molecule has 2 atom stereocenters. The van der Waals surface area contributed by atoms with E-state index in [2.05, 4.69) is 17.4 Å². The molecule has 3 rings (SSSR count). The van der Waals surface area contributed by atoms with E-state index in [0.717, 1.165) is 45.3 Å². The lowest BCUT2D eigenvalue weighted by molar-refractivity contribution is -0.135. The van der Waals surface area contributed by atoms with Crippen molar-refractivity contribution in [2.45, 2.75) is 38.3 Å². The lowest BCUT2D eigenvalue weighted by Crippen LogP contribution is -2.52. The van der Waals surface area contributed by atoms with Crippen molar-refractivity contribution >= 4 is 5.91 Å². The molecule has 114 valence electrons. The van der Waals surface area contributed by atoms with Crippen molar-refractivity contribution in [2.75, 3.05) is 19.7 Å². The van der Waals surface area contributed by atoms with Crippen molar-refractivity contribution in [3.05, 3.63) is 35.4 Å². The number of nitrogens with one attached hydrogen (secondary N) is 1. The molecule has 0 aliphatic carbocycles. The number of benzene rings is 1. The number of carbonyl (C=O) groups excluding carboxylic acids is 1. The predicted molar refractivity (Wildman–Crippen MR) is 81.8 cm³/mol. The molecule has 2 heterocycles. The van der Waals surface area contributed by atoms with Crippen molar-refractivity contribution in [1.29, 1.82) is 0 Å². The monoisotopic (exact) mass is 288 g/mol. The zero-order chi connectivity index (χ0) is 14.7. The quantitative estimate of drug-likeness (QED) is 0.882. The fourth-order valence-corrected chi connectivity index (χ4v) is 3.53. The van der Waals surface area contributed by atoms with Crippen LogP contribution in [0.1, 0.15) is 30.4 Å². The number of likely N-dealkylation sites (tertiary alicyclic amines) is 1. The molecule has 4 heteroatoms. The Labute approximate surface area is 126 Å². The van der Waals surface area contributed by atoms with E-state index in [1.807, 2.05) is 17.0 Å². The molecule has 2 N–H and O–H groups in total. The lowest BCUT2D eigenvalue weighted by Gasteiger charge is -2.36. The van der Waals surface area contributed by atoms with Crippen LogP contribution in [0.2, 0.25) is 0 Å². The van der Waals surface area contributed by atoms with Crippen LogP contribution in [-0.2, 0) is 17.8 Å². The average molecular weight is 288 g/mol. The smallest absolute Gasteiger partial charge is 0.240 e. The van der Waals surface area contributed by atoms with Crippen molar-refractivity contribution in [2.24, 2.45) is 5.92 Å². The lowest BCUT2D eigenvalue weighted by atomic mass is 9.92. The normalized spacial score (nSPS) is 25.5. The maximum absolute atomic E-state index is 12.7. The van der Waals surface area contributed by atoms with Crippen molar-refractivity contribution in [1.82, 2.24) is 10.2 Å². The molecule has 0 bridgehead atoms. The van der Waals surface area contributed by atoms with Gasteiger partial charge in [-0.2, -0.15) is 0 Å². The van der Waals surface area contributed by atoms with Gasteiger partial charge in [-0.15, -0.1) is 0 Å². The van der Waals surface area contributed by atoms with E-state index >= 15 is 0 Å². The van der Waals surface area contributed by atoms with Crippen LogP contribution in [0, 0.1) is 5.92 Å². The van der Waals surface area contributed by atoms with Crippen LogP contribution in [0.5, 0.6) is 0 Å². The molecule has 1 saturated heterocycles. The molecule has 0 radical (unpaired) electrons. The molecular formula is C17H24N2O2. The molecule has 0 saturated carbocycles. The van der Waals surface area contributed by atoms with Gasteiger partial charge in [0.25, 0.3) is 0 Å². The van der Waals surface area contributed by atoms with Crippen molar-refractivity contribution < 1.29 is 9.90 Å². The Bertz CT molecular complexity index is 501. The Kier molecular flexibility index (Phi) is 4.56. The van der Waals surface area contributed by atoms with Gasteiger partial charge in [0.2, 0.25) is 5.91 Å². The maximum Gasteiger partial charge on any atom is 0.240 e. The zero-order valence-corrected chi connectivity index (χ0v) is 12.4. The van der Waals surface area contributed by atoms with Crippen molar-refractivity contribution in [3.63, 3.8) is 0 Å². The highest BCUT2D eigenvalue weighted by molar-refractivity contribution is 5.82. The molecule has 4 nitrogen and oxygen atoms in total. The second kappa shape index (κ2) is 6.58. The van der Waals surface area contributed by atoms with Crippen LogP contribution in [0.4, 0.5) is 0 Å². The summed E-state index contributed by atoms with van der Waals surface area (Å²) in [6.45, 7) is 2.67. The number of carbonyl (C=O) groups is 1. The number of rotatable bonds is 3. The highest BCUT2D eigenvalue weighted by atomic mass is 16.3. The highest BCUT2D eigenvalue weighted by Crippen LogP contribution is 2.22. The van der Waals surface area contributed by atoms with E-state index in [1.165, 1.54) is 11.1 Å². The van der Waals surface area contributed by atoms with E-state index in [9.17, 15) is 4.79 Å². The van der Waals surface area contributed by atoms with E-state index < -0.39 is 0 Å². The van der Waals surface area contributed by atoms with E-state index in [1.54, 1.807) is 0 Å². The summed E-state index contributed by atoms with van der Waals surface area (Å²) in [4.78, 5) is 14.7. The second-order valence-corrected chi connectivity index (χ2v) is 6.21. The van der Waals surface area contributed by atoms with Gasteiger partial charge in [-0.3, -0.25) is 4.79 Å². The molecule has 1 aromatic rings. The summed E-state index contributed by atoms with van der Waals surface area (Å²) in [6, 6.07) is 8.26. The molecule has 1 aromatic carbocycles. The van der Waals surface area contributed by atoms with Gasteiger partial charge in [0.1, 0.15) is 0 Å². The summed E-state index contributed by atoms with van der Waals surface area (Å²) < 4.78 is 0. The van der Waals surface area contributed by atoms with Crippen LogP contribution >= 0.6 is 0 Å². The van der Waals surface area contributed by atoms with Gasteiger partial charge in [-0.25, -0.2) is 0 Å². The Balaban J connectivity index is 1.63. The van der Waals surface area contributed by atoms with E-state index in [-0.39, 0.29) is 18.6 Å². The third-order valence-electron chi connectivity index (χ3n) is 4.75. The number of nitrogens with zero attached hydrogens (tertiary/aromatic N) is 1. The van der Waals surface area contributed by atoms with Gasteiger partial charge in [0.05, 0.1) is 6.04 Å². The Morgan fingerprint density at radius 3 is 2.95 bits per heavy atom. The highest BCUT2D eigenvalue weighted by Gasteiger charge is 2.30. The van der Waals surface area contributed by atoms with E-state index in [4.69, 9.17) is 5.11 Å². The second-order valence-electron chi connectivity index (χ2n) is 6.21. The predicted octanol–water partition coefficient (Wildman–Crippen LogP) is 1.32. The summed E-state index contributed by atoms with van der Waals surface area (Å²) in [5.74, 6) is 0.690. The first kappa shape index (κ1) is 14.5. The number of aliphatic hydroxyl groups excluding tert-OH is 1. The van der Waals surface area contributed by atoms with Crippen molar-refractivity contribution in [3.8, 4) is 0 Å². The van der Waals surface area contributed by atoms with Crippen LogP contribution in [0.25, 0.3) is 0 Å². The Morgan fingerprint density at radius 2 is 2.14 bits per heavy atom. The summed E-state index contributed by atoms with van der Waals surface area (Å²) >= 11 is 0. The topological polar surface area (TPSA) is 52.6 Å². The molecule has 2 unspecified atom stereocenters. The first-order valence-electron chi connectivity index (χ1n) is 7.97. The third kappa shape index (κ3) is 3.27. The Hall–Kier alpha value is -1.39. The van der Waals surface area contributed by atoms with Crippen LogP contribution in [-0.4, -0.2) is 41.7 Å². The maximum atomic E-state index is 12.7. The summed E-state index contributed by atoms with van der Waals surface area (Å²) in [6.07, 6.45) is 3.78. The molecule has 1 fully saturated rings. The van der Waals surface area contributed by atoms with Gasteiger partial charge in [0.15, 0.2) is 0 Å².